The van der Waals surface area contributed by atoms with Crippen molar-refractivity contribution in [2.45, 2.75) is 70.9 Å². The maximum Gasteiger partial charge on any atom is 0.0309 e. The molecule has 2 unspecified atom stereocenters. The maximum atomic E-state index is 3.83. The van der Waals surface area contributed by atoms with Crippen molar-refractivity contribution in [1.82, 2.24) is 10.2 Å². The Labute approximate surface area is 113 Å². The smallest absolute Gasteiger partial charge is 0.0309 e. The van der Waals surface area contributed by atoms with Crippen LogP contribution in [-0.4, -0.2) is 36.1 Å². The topological polar surface area (TPSA) is 15.3 Å². The molecule has 0 aromatic rings. The van der Waals surface area contributed by atoms with E-state index < -0.39 is 0 Å². The van der Waals surface area contributed by atoms with E-state index in [1.165, 1.54) is 58.2 Å². The molecule has 0 amide bonds. The van der Waals surface area contributed by atoms with Gasteiger partial charge >= 0.3 is 0 Å². The van der Waals surface area contributed by atoms with Crippen LogP contribution in [0, 0.1) is 11.3 Å². The molecule has 104 valence electrons. The van der Waals surface area contributed by atoms with Crippen LogP contribution in [0.4, 0.5) is 0 Å². The Hall–Kier alpha value is -0.0800. The molecule has 2 saturated carbocycles. The van der Waals surface area contributed by atoms with Gasteiger partial charge in [0.05, 0.1) is 0 Å². The second-order valence-electron chi connectivity index (χ2n) is 7.58. The predicted octanol–water partition coefficient (Wildman–Crippen LogP) is 3.03. The van der Waals surface area contributed by atoms with Crippen LogP contribution >= 0.6 is 0 Å². The van der Waals surface area contributed by atoms with Crippen LogP contribution in [0.15, 0.2) is 0 Å². The average molecular weight is 250 g/mol. The summed E-state index contributed by atoms with van der Waals surface area (Å²) in [7, 11) is 0. The largest absolute Gasteiger partial charge is 0.308 e. The van der Waals surface area contributed by atoms with Crippen LogP contribution in [0.25, 0.3) is 0 Å². The van der Waals surface area contributed by atoms with Crippen molar-refractivity contribution in [1.29, 1.82) is 0 Å². The van der Waals surface area contributed by atoms with Crippen LogP contribution < -0.4 is 5.32 Å². The van der Waals surface area contributed by atoms with Crippen LogP contribution in [0.3, 0.4) is 0 Å². The first kappa shape index (κ1) is 12.9. The third-order valence-corrected chi connectivity index (χ3v) is 5.71. The van der Waals surface area contributed by atoms with Gasteiger partial charge in [-0.05, 0) is 57.3 Å². The molecule has 0 spiro atoms. The zero-order valence-electron chi connectivity index (χ0n) is 12.5. The monoisotopic (exact) mass is 250 g/mol. The predicted molar refractivity (Wildman–Crippen MR) is 76.7 cm³/mol. The second kappa shape index (κ2) is 4.49. The summed E-state index contributed by atoms with van der Waals surface area (Å²) >= 11 is 0. The highest BCUT2D eigenvalue weighted by Crippen LogP contribution is 2.51. The first-order valence-corrected chi connectivity index (χ1v) is 8.06. The quantitative estimate of drug-likeness (QED) is 0.807. The maximum absolute atomic E-state index is 3.83. The first-order valence-electron chi connectivity index (χ1n) is 8.06. The van der Waals surface area contributed by atoms with Gasteiger partial charge in [0.25, 0.3) is 0 Å². The zero-order chi connectivity index (χ0) is 12.8. The van der Waals surface area contributed by atoms with E-state index >= 15 is 0 Å². The van der Waals surface area contributed by atoms with E-state index in [4.69, 9.17) is 0 Å². The summed E-state index contributed by atoms with van der Waals surface area (Å²) in [5, 5.41) is 3.83. The fourth-order valence-electron chi connectivity index (χ4n) is 3.97. The molecule has 1 heterocycles. The number of piperazine rings is 1. The number of hydrogen-bond acceptors (Lipinski definition) is 2. The summed E-state index contributed by atoms with van der Waals surface area (Å²) in [4.78, 5) is 2.80. The van der Waals surface area contributed by atoms with Crippen molar-refractivity contribution < 1.29 is 0 Å². The highest BCUT2D eigenvalue weighted by atomic mass is 15.3. The molecule has 2 atom stereocenters. The van der Waals surface area contributed by atoms with Gasteiger partial charge in [0.1, 0.15) is 0 Å². The molecule has 1 N–H and O–H groups in total. The Morgan fingerprint density at radius 1 is 1.28 bits per heavy atom. The molecule has 3 fully saturated rings. The lowest BCUT2D eigenvalue weighted by Gasteiger charge is -2.47. The molecular weight excluding hydrogens is 220 g/mol. The van der Waals surface area contributed by atoms with Gasteiger partial charge in [-0.2, -0.15) is 0 Å². The van der Waals surface area contributed by atoms with Crippen molar-refractivity contribution in [3.8, 4) is 0 Å². The van der Waals surface area contributed by atoms with Gasteiger partial charge in [-0.15, -0.1) is 0 Å². The number of rotatable bonds is 5. The highest BCUT2D eigenvalue weighted by Gasteiger charge is 2.49. The molecule has 1 aliphatic heterocycles. The fourth-order valence-corrected chi connectivity index (χ4v) is 3.97. The van der Waals surface area contributed by atoms with Gasteiger partial charge in [-0.3, -0.25) is 4.90 Å². The summed E-state index contributed by atoms with van der Waals surface area (Å²) in [5.74, 6) is 0.953. The molecule has 2 aliphatic carbocycles. The lowest BCUT2D eigenvalue weighted by Crippen LogP contribution is -2.63. The standard InChI is InChI=1S/C16H30N2/c1-4-7-16(8-9-16)12-18-11-15(3,14-5-6-14)17-10-13(18)2/h13-14,17H,4-12H2,1-3H3. The minimum Gasteiger partial charge on any atom is -0.308 e. The Kier molecular flexibility index (Phi) is 3.22. The summed E-state index contributed by atoms with van der Waals surface area (Å²) in [6, 6.07) is 0.728. The van der Waals surface area contributed by atoms with E-state index in [1.54, 1.807) is 0 Å². The number of nitrogens with zero attached hydrogens (tertiary/aromatic N) is 1. The van der Waals surface area contributed by atoms with Crippen LogP contribution in [0.2, 0.25) is 0 Å². The molecule has 2 nitrogen and oxygen atoms in total. The molecule has 18 heavy (non-hydrogen) atoms. The number of hydrogen-bond donors (Lipinski definition) is 1. The van der Waals surface area contributed by atoms with E-state index in [1.807, 2.05) is 0 Å². The molecular formula is C16H30N2. The first-order chi connectivity index (χ1) is 8.57. The lowest BCUT2D eigenvalue weighted by molar-refractivity contribution is 0.0631. The van der Waals surface area contributed by atoms with Crippen molar-refractivity contribution in [3.05, 3.63) is 0 Å². The number of nitrogens with one attached hydrogen (secondary N) is 1. The molecule has 0 radical (unpaired) electrons. The normalized spacial score (nSPS) is 39.8. The van der Waals surface area contributed by atoms with Gasteiger partial charge in [-0.25, -0.2) is 0 Å². The van der Waals surface area contributed by atoms with Gasteiger partial charge in [0.15, 0.2) is 0 Å². The minimum absolute atomic E-state index is 0.412. The molecule has 2 heteroatoms. The molecule has 0 aromatic carbocycles. The van der Waals surface area contributed by atoms with Crippen molar-refractivity contribution in [2.24, 2.45) is 11.3 Å². The highest BCUT2D eigenvalue weighted by molar-refractivity contribution is 5.05. The molecule has 3 aliphatic rings. The lowest BCUT2D eigenvalue weighted by atomic mass is 9.89. The Bertz CT molecular complexity index is 306. The van der Waals surface area contributed by atoms with E-state index in [2.05, 4.69) is 31.0 Å². The van der Waals surface area contributed by atoms with Crippen LogP contribution in [0.5, 0.6) is 0 Å². The van der Waals surface area contributed by atoms with Crippen molar-refractivity contribution >= 4 is 0 Å². The molecule has 3 rings (SSSR count). The molecule has 0 aromatic heterocycles. The van der Waals surface area contributed by atoms with Gasteiger partial charge in [-0.1, -0.05) is 13.3 Å². The van der Waals surface area contributed by atoms with Crippen LogP contribution in [0.1, 0.15) is 59.3 Å². The average Bonchev–Trinajstić information content (AvgIpc) is 3.18. The van der Waals surface area contributed by atoms with E-state index in [0.29, 0.717) is 11.0 Å². The summed E-state index contributed by atoms with van der Waals surface area (Å²) < 4.78 is 0. The Morgan fingerprint density at radius 3 is 2.56 bits per heavy atom. The Morgan fingerprint density at radius 2 is 2.00 bits per heavy atom. The van der Waals surface area contributed by atoms with Crippen molar-refractivity contribution in [2.75, 3.05) is 19.6 Å². The summed E-state index contributed by atoms with van der Waals surface area (Å²) in [5.41, 5.74) is 1.12. The minimum atomic E-state index is 0.412. The zero-order valence-corrected chi connectivity index (χ0v) is 12.5. The molecule has 1 saturated heterocycles. The third-order valence-electron chi connectivity index (χ3n) is 5.71. The Balaban J connectivity index is 1.62. The fraction of sp³-hybridized carbons (Fsp3) is 1.00. The van der Waals surface area contributed by atoms with Gasteiger partial charge < -0.3 is 5.32 Å². The molecule has 0 bridgehead atoms. The summed E-state index contributed by atoms with van der Waals surface area (Å²) in [6.45, 7) is 11.0. The van der Waals surface area contributed by atoms with Gasteiger partial charge in [0, 0.05) is 31.2 Å². The SMILES string of the molecule is CCCC1(CN2CC(C)(C3CC3)NCC2C)CC1. The van der Waals surface area contributed by atoms with Crippen LogP contribution in [-0.2, 0) is 0 Å². The summed E-state index contributed by atoms with van der Waals surface area (Å²) in [6.07, 6.45) is 8.68. The van der Waals surface area contributed by atoms with E-state index in [0.717, 1.165) is 12.0 Å². The van der Waals surface area contributed by atoms with Crippen molar-refractivity contribution in [3.63, 3.8) is 0 Å². The van der Waals surface area contributed by atoms with E-state index in [-0.39, 0.29) is 0 Å². The van der Waals surface area contributed by atoms with E-state index in [9.17, 15) is 0 Å². The third kappa shape index (κ3) is 2.46. The van der Waals surface area contributed by atoms with Gasteiger partial charge in [0.2, 0.25) is 0 Å². The second-order valence-corrected chi connectivity index (χ2v) is 7.58.